The highest BCUT2D eigenvalue weighted by atomic mass is 32.2. The van der Waals surface area contributed by atoms with Gasteiger partial charge in [-0.3, -0.25) is 14.3 Å². The molecule has 1 aliphatic heterocycles. The Bertz CT molecular complexity index is 1580. The number of carbonyl (C=O) groups excluding carboxylic acids is 2. The number of aryl methyl sites for hydroxylation is 1. The number of hydrogen-bond donors (Lipinski definition) is 1. The van der Waals surface area contributed by atoms with Crippen molar-refractivity contribution in [1.29, 1.82) is 0 Å². The number of nitro benzene ring substituents is 1. The number of nitro groups is 1. The second-order valence-electron chi connectivity index (χ2n) is 11.5. The topological polar surface area (TPSA) is 160 Å². The largest absolute Gasteiger partial charge is 0.462 e. The van der Waals surface area contributed by atoms with Crippen molar-refractivity contribution < 1.29 is 41.3 Å². The Morgan fingerprint density at radius 3 is 2.02 bits per heavy atom. The third-order valence-electron chi connectivity index (χ3n) is 7.63. The van der Waals surface area contributed by atoms with Crippen LogP contribution in [0.4, 0.5) is 5.69 Å². The molecule has 0 radical (unpaired) electrons. The highest BCUT2D eigenvalue weighted by Gasteiger charge is 2.41. The van der Waals surface area contributed by atoms with Crippen LogP contribution in [0.15, 0.2) is 76.0 Å². The molecule has 0 spiro atoms. The Morgan fingerprint density at radius 1 is 0.870 bits per heavy atom. The van der Waals surface area contributed by atoms with E-state index < -0.39 is 32.9 Å². The summed E-state index contributed by atoms with van der Waals surface area (Å²) in [4.78, 5) is 38.5. The lowest BCUT2D eigenvalue weighted by atomic mass is 9.79. The van der Waals surface area contributed by atoms with Crippen LogP contribution in [-0.4, -0.2) is 58.8 Å². The van der Waals surface area contributed by atoms with Crippen LogP contribution in [-0.2, 0) is 38.1 Å². The van der Waals surface area contributed by atoms with Crippen LogP contribution < -0.4 is 5.32 Å². The molecule has 2 aromatic carbocycles. The summed E-state index contributed by atoms with van der Waals surface area (Å²) >= 11 is 0. The first kappa shape index (κ1) is 36.4. The number of nitrogens with one attached hydrogen (secondary N) is 1. The van der Waals surface area contributed by atoms with Crippen molar-refractivity contribution in [3.63, 3.8) is 0 Å². The average Bonchev–Trinajstić information content (AvgIpc) is 3.01. The highest BCUT2D eigenvalue weighted by Crippen LogP contribution is 2.42. The summed E-state index contributed by atoms with van der Waals surface area (Å²) in [5.74, 6) is -2.77. The number of dihydropyridines is 1. The van der Waals surface area contributed by atoms with Gasteiger partial charge in [-0.1, -0.05) is 49.7 Å². The third kappa shape index (κ3) is 9.47. The lowest BCUT2D eigenvalue weighted by Crippen LogP contribution is -2.33. The molecular weight excluding hydrogens is 616 g/mol. The molecule has 0 amide bonds. The van der Waals surface area contributed by atoms with Crippen molar-refractivity contribution in [3.05, 3.63) is 92.3 Å². The maximum Gasteiger partial charge on any atom is 0.336 e. The van der Waals surface area contributed by atoms with Gasteiger partial charge in [0.25, 0.3) is 15.8 Å². The van der Waals surface area contributed by atoms with Crippen molar-refractivity contribution in [1.82, 2.24) is 5.32 Å². The van der Waals surface area contributed by atoms with Crippen LogP contribution in [0.2, 0.25) is 0 Å². The second kappa shape index (κ2) is 16.5. The van der Waals surface area contributed by atoms with E-state index in [0.717, 1.165) is 5.56 Å². The summed E-state index contributed by atoms with van der Waals surface area (Å²) in [6.07, 6.45) is 1.23. The van der Waals surface area contributed by atoms with Gasteiger partial charge in [-0.05, 0) is 57.6 Å². The maximum atomic E-state index is 13.6. The Hall–Kier alpha value is -4.07. The summed E-state index contributed by atoms with van der Waals surface area (Å²) < 4.78 is 46.4. The van der Waals surface area contributed by atoms with E-state index in [4.69, 9.17) is 18.4 Å². The summed E-state index contributed by atoms with van der Waals surface area (Å²) in [5, 5.41) is 15.0. The predicted molar refractivity (Wildman–Crippen MR) is 170 cm³/mol. The number of ether oxygens (including phenoxy) is 3. The molecule has 0 fully saturated rings. The number of benzene rings is 2. The van der Waals surface area contributed by atoms with Crippen molar-refractivity contribution in [3.8, 4) is 0 Å². The van der Waals surface area contributed by atoms with Gasteiger partial charge in [0.2, 0.25) is 0 Å². The molecule has 1 heterocycles. The first-order valence-corrected chi connectivity index (χ1v) is 16.4. The predicted octanol–water partition coefficient (Wildman–Crippen LogP) is 5.33. The fourth-order valence-electron chi connectivity index (χ4n) is 5.05. The van der Waals surface area contributed by atoms with Gasteiger partial charge >= 0.3 is 11.9 Å². The SMILES string of the molecule is COCCOC(=O)C1=C(C)NC(C)=C(C(=O)OCC(C)CCC(C)COS(=O)(=O)c2ccc(C)cc2)C1c1ccccc1[N+](=O)[O-]. The Morgan fingerprint density at radius 2 is 1.43 bits per heavy atom. The van der Waals surface area contributed by atoms with E-state index in [0.29, 0.717) is 24.2 Å². The molecule has 1 N–H and O–H groups in total. The Kier molecular flexibility index (Phi) is 13.0. The zero-order valence-electron chi connectivity index (χ0n) is 27.0. The number of hydrogen-bond acceptors (Lipinski definition) is 11. The summed E-state index contributed by atoms with van der Waals surface area (Å²) in [6.45, 7) is 9.07. The first-order chi connectivity index (χ1) is 21.8. The summed E-state index contributed by atoms with van der Waals surface area (Å²) in [7, 11) is -2.41. The van der Waals surface area contributed by atoms with Crippen LogP contribution in [0.3, 0.4) is 0 Å². The van der Waals surface area contributed by atoms with Crippen molar-refractivity contribution >= 4 is 27.7 Å². The number of rotatable bonds is 16. The zero-order valence-corrected chi connectivity index (χ0v) is 27.8. The second-order valence-corrected chi connectivity index (χ2v) is 13.1. The van der Waals surface area contributed by atoms with E-state index in [1.165, 1.54) is 37.4 Å². The molecule has 250 valence electrons. The Labute approximate surface area is 270 Å². The molecule has 3 atom stereocenters. The van der Waals surface area contributed by atoms with Crippen LogP contribution in [0.5, 0.6) is 0 Å². The van der Waals surface area contributed by atoms with Gasteiger partial charge in [0.1, 0.15) is 6.61 Å². The quantitative estimate of drug-likeness (QED) is 0.0816. The van der Waals surface area contributed by atoms with Crippen LogP contribution >= 0.6 is 0 Å². The number of methoxy groups -OCH3 is 1. The van der Waals surface area contributed by atoms with Gasteiger partial charge in [0, 0.05) is 30.1 Å². The fourth-order valence-corrected chi connectivity index (χ4v) is 6.07. The molecule has 0 aliphatic carbocycles. The standard InChI is InChI=1S/C33H42N2O10S/c1-21-13-15-26(16-14-21)46(40,41)45-20-23(3)12-11-22(2)19-44-33(37)30-25(5)34-24(4)29(32(36)43-18-17-42-6)31(30)27-9-7-8-10-28(27)35(38)39/h7-10,13-16,22-23,31,34H,11-12,17-20H2,1-6H3. The smallest absolute Gasteiger partial charge is 0.336 e. The van der Waals surface area contributed by atoms with Gasteiger partial charge in [-0.15, -0.1) is 0 Å². The molecule has 13 heteroatoms. The molecule has 2 aromatic rings. The summed E-state index contributed by atoms with van der Waals surface area (Å²) in [5.41, 5.74) is 1.76. The monoisotopic (exact) mass is 658 g/mol. The molecule has 0 aromatic heterocycles. The number of carbonyl (C=O) groups is 2. The maximum absolute atomic E-state index is 13.6. The molecular formula is C33H42N2O10S. The minimum Gasteiger partial charge on any atom is -0.462 e. The minimum atomic E-state index is -3.87. The van der Waals surface area contributed by atoms with E-state index in [-0.39, 0.29) is 65.6 Å². The van der Waals surface area contributed by atoms with E-state index >= 15 is 0 Å². The lowest BCUT2D eigenvalue weighted by molar-refractivity contribution is -0.385. The lowest BCUT2D eigenvalue weighted by Gasteiger charge is -2.30. The fraction of sp³-hybridized carbons (Fsp3) is 0.455. The van der Waals surface area contributed by atoms with Crippen LogP contribution in [0, 0.1) is 28.9 Å². The van der Waals surface area contributed by atoms with Crippen molar-refractivity contribution in [2.24, 2.45) is 11.8 Å². The van der Waals surface area contributed by atoms with Crippen LogP contribution in [0.25, 0.3) is 0 Å². The molecule has 0 bridgehead atoms. The molecule has 3 unspecified atom stereocenters. The number of nitrogens with zero attached hydrogens (tertiary/aromatic N) is 1. The number of esters is 2. The van der Waals surface area contributed by atoms with Crippen LogP contribution in [0.1, 0.15) is 57.6 Å². The normalized spacial score (nSPS) is 16.4. The first-order valence-electron chi connectivity index (χ1n) is 15.0. The molecule has 12 nitrogen and oxygen atoms in total. The van der Waals surface area contributed by atoms with Gasteiger partial charge < -0.3 is 19.5 Å². The van der Waals surface area contributed by atoms with E-state index in [2.05, 4.69) is 5.32 Å². The molecule has 0 saturated heterocycles. The average molecular weight is 659 g/mol. The minimum absolute atomic E-state index is 0.00689. The molecule has 3 rings (SSSR count). The third-order valence-corrected chi connectivity index (χ3v) is 8.93. The van der Waals surface area contributed by atoms with Gasteiger partial charge in [0.05, 0.1) is 46.7 Å². The van der Waals surface area contributed by atoms with Gasteiger partial charge in [0.15, 0.2) is 0 Å². The Balaban J connectivity index is 1.70. The van der Waals surface area contributed by atoms with E-state index in [9.17, 15) is 28.1 Å². The van der Waals surface area contributed by atoms with Crippen molar-refractivity contribution in [2.45, 2.75) is 58.3 Å². The van der Waals surface area contributed by atoms with E-state index in [1.807, 2.05) is 20.8 Å². The van der Waals surface area contributed by atoms with Gasteiger partial charge in [-0.25, -0.2) is 9.59 Å². The van der Waals surface area contributed by atoms with Gasteiger partial charge in [-0.2, -0.15) is 8.42 Å². The molecule has 46 heavy (non-hydrogen) atoms. The molecule has 0 saturated carbocycles. The molecule has 1 aliphatic rings. The number of allylic oxidation sites excluding steroid dienone is 2. The summed E-state index contributed by atoms with van der Waals surface area (Å²) in [6, 6.07) is 12.4. The zero-order chi connectivity index (χ0) is 34.0. The van der Waals surface area contributed by atoms with E-state index in [1.54, 1.807) is 32.0 Å². The highest BCUT2D eigenvalue weighted by molar-refractivity contribution is 7.86. The number of para-hydroxylation sites is 1. The van der Waals surface area contributed by atoms with Crippen molar-refractivity contribution in [2.75, 3.05) is 33.5 Å².